The van der Waals surface area contributed by atoms with Gasteiger partial charge >= 0.3 is 0 Å². The molecule has 0 fully saturated rings. The lowest BCUT2D eigenvalue weighted by Gasteiger charge is -2.36. The number of rotatable bonds is 7. The highest BCUT2D eigenvalue weighted by molar-refractivity contribution is 6.75. The van der Waals surface area contributed by atoms with E-state index in [9.17, 15) is 4.79 Å². The molecule has 0 aliphatic heterocycles. The largest absolute Gasteiger partial charge is 0.544 e. The number of carbonyl (C=O) groups excluding carboxylic acids is 1. The van der Waals surface area contributed by atoms with Crippen LogP contribution in [0, 0.1) is 12.8 Å². The fourth-order valence-electron chi connectivity index (χ4n) is 2.93. The number of nitrogens with zero attached hydrogens (tertiary/aromatic N) is 2. The van der Waals surface area contributed by atoms with Gasteiger partial charge in [-0.2, -0.15) is 5.10 Å². The highest BCUT2D eigenvalue weighted by Crippen LogP contribution is 2.38. The van der Waals surface area contributed by atoms with Gasteiger partial charge in [-0.05, 0) is 79.4 Å². The summed E-state index contributed by atoms with van der Waals surface area (Å²) in [7, 11) is -3.99. The van der Waals surface area contributed by atoms with E-state index in [1.807, 2.05) is 49.0 Å². The minimum Gasteiger partial charge on any atom is -0.544 e. The molecule has 0 saturated heterocycles. The molecule has 5 nitrogen and oxygen atoms in total. The van der Waals surface area contributed by atoms with Gasteiger partial charge < -0.3 is 8.85 Å². The van der Waals surface area contributed by atoms with Crippen molar-refractivity contribution in [1.29, 1.82) is 0 Å². The number of aromatic nitrogens is 2. The summed E-state index contributed by atoms with van der Waals surface area (Å²) in [6.07, 6.45) is 2.48. The molecular formula is C26H44N2O3Si2. The van der Waals surface area contributed by atoms with Crippen molar-refractivity contribution in [2.45, 2.75) is 98.1 Å². The standard InChI is InChI=1S/C26H44N2O3Si2/c1-19(24(29)31-33(11,12)26(6,7)8)17-21-18-27-28(20(21)2)22-13-15-23(16-14-22)30-32(9,10)25(3,4)5/h13-16,18-19H,17H2,1-12H3/t19-/m1/s1. The lowest BCUT2D eigenvalue weighted by atomic mass is 10.0. The third kappa shape index (κ3) is 6.38. The van der Waals surface area contributed by atoms with Crippen LogP contribution >= 0.6 is 0 Å². The van der Waals surface area contributed by atoms with Crippen molar-refractivity contribution in [2.24, 2.45) is 5.92 Å². The minimum atomic E-state index is -2.12. The molecule has 1 aromatic heterocycles. The maximum Gasteiger partial charge on any atom is 0.295 e. The summed E-state index contributed by atoms with van der Waals surface area (Å²) in [5.41, 5.74) is 3.09. The molecular weight excluding hydrogens is 444 g/mol. The molecule has 1 aromatic carbocycles. The molecule has 2 rings (SSSR count). The predicted octanol–water partition coefficient (Wildman–Crippen LogP) is 7.29. The highest BCUT2D eigenvalue weighted by Gasteiger charge is 2.41. The Morgan fingerprint density at radius 2 is 1.48 bits per heavy atom. The third-order valence-corrected chi connectivity index (χ3v) is 16.1. The van der Waals surface area contributed by atoms with Gasteiger partial charge in [-0.3, -0.25) is 4.79 Å². The van der Waals surface area contributed by atoms with Gasteiger partial charge in [0.05, 0.1) is 17.8 Å². The Morgan fingerprint density at radius 1 is 0.970 bits per heavy atom. The van der Waals surface area contributed by atoms with Crippen LogP contribution in [0.4, 0.5) is 0 Å². The van der Waals surface area contributed by atoms with E-state index in [0.717, 1.165) is 22.7 Å². The van der Waals surface area contributed by atoms with Crippen LogP contribution in [0.15, 0.2) is 30.5 Å². The van der Waals surface area contributed by atoms with E-state index in [2.05, 4.69) is 72.8 Å². The van der Waals surface area contributed by atoms with E-state index < -0.39 is 16.6 Å². The molecule has 0 saturated carbocycles. The second-order valence-corrected chi connectivity index (χ2v) is 21.8. The SMILES string of the molecule is Cc1c(C[C@@H](C)C(=O)O[Si](C)(C)C(C)(C)C)cnn1-c1ccc(O[Si](C)(C)C(C)(C)C)cc1. The van der Waals surface area contributed by atoms with Crippen molar-refractivity contribution in [1.82, 2.24) is 9.78 Å². The zero-order chi connectivity index (χ0) is 25.4. The van der Waals surface area contributed by atoms with Gasteiger partial charge in [-0.15, -0.1) is 0 Å². The molecule has 33 heavy (non-hydrogen) atoms. The molecule has 7 heteroatoms. The van der Waals surface area contributed by atoms with E-state index in [1.54, 1.807) is 0 Å². The van der Waals surface area contributed by atoms with E-state index in [0.29, 0.717) is 6.42 Å². The molecule has 0 bridgehead atoms. The summed E-state index contributed by atoms with van der Waals surface area (Å²) < 4.78 is 14.3. The summed E-state index contributed by atoms with van der Waals surface area (Å²) in [6, 6.07) is 8.13. The van der Waals surface area contributed by atoms with E-state index >= 15 is 0 Å². The average Bonchev–Trinajstić information content (AvgIpc) is 3.00. The monoisotopic (exact) mass is 488 g/mol. The summed E-state index contributed by atoms with van der Waals surface area (Å²) in [6.45, 7) is 25.9. The Kier molecular flexibility index (Phi) is 7.81. The average molecular weight is 489 g/mol. The van der Waals surface area contributed by atoms with E-state index in [4.69, 9.17) is 8.85 Å². The zero-order valence-corrected chi connectivity index (χ0v) is 24.8. The Balaban J connectivity index is 2.12. The van der Waals surface area contributed by atoms with Crippen LogP contribution in [-0.4, -0.2) is 32.4 Å². The molecule has 2 aromatic rings. The first-order valence-corrected chi connectivity index (χ1v) is 17.7. The summed E-state index contributed by atoms with van der Waals surface area (Å²) in [5, 5.41) is 4.75. The molecule has 0 spiro atoms. The van der Waals surface area contributed by atoms with E-state index in [-0.39, 0.29) is 22.0 Å². The topological polar surface area (TPSA) is 53.3 Å². The number of hydrogen-bond acceptors (Lipinski definition) is 4. The first-order chi connectivity index (χ1) is 14.9. The van der Waals surface area contributed by atoms with Gasteiger partial charge in [-0.25, -0.2) is 4.68 Å². The van der Waals surface area contributed by atoms with Crippen molar-refractivity contribution in [3.63, 3.8) is 0 Å². The van der Waals surface area contributed by atoms with Gasteiger partial charge in [0.1, 0.15) is 5.75 Å². The molecule has 1 atom stereocenters. The molecule has 0 N–H and O–H groups in total. The van der Waals surface area contributed by atoms with Crippen LogP contribution in [0.2, 0.25) is 36.3 Å². The molecule has 0 unspecified atom stereocenters. The van der Waals surface area contributed by atoms with Crippen molar-refractivity contribution in [3.05, 3.63) is 41.7 Å². The molecule has 184 valence electrons. The Labute approximate surface area is 203 Å². The second-order valence-electron chi connectivity index (χ2n) is 12.3. The van der Waals surface area contributed by atoms with Crippen molar-refractivity contribution in [3.8, 4) is 11.4 Å². The molecule has 0 amide bonds. The fourth-order valence-corrected chi connectivity index (χ4v) is 4.97. The van der Waals surface area contributed by atoms with Crippen LogP contribution in [-0.2, 0) is 15.6 Å². The predicted molar refractivity (Wildman–Crippen MR) is 142 cm³/mol. The smallest absolute Gasteiger partial charge is 0.295 e. The Morgan fingerprint density at radius 3 is 1.97 bits per heavy atom. The van der Waals surface area contributed by atoms with Crippen LogP contribution in [0.5, 0.6) is 5.75 Å². The molecule has 0 aliphatic carbocycles. The van der Waals surface area contributed by atoms with Gasteiger partial charge in [0.25, 0.3) is 14.3 Å². The summed E-state index contributed by atoms with van der Waals surface area (Å²) in [4.78, 5) is 12.8. The molecule has 1 heterocycles. The van der Waals surface area contributed by atoms with Crippen LogP contribution in [0.1, 0.15) is 59.7 Å². The van der Waals surface area contributed by atoms with Crippen LogP contribution in [0.3, 0.4) is 0 Å². The Hall–Kier alpha value is -1.87. The molecule has 0 aliphatic rings. The first-order valence-electron chi connectivity index (χ1n) is 11.9. The number of benzene rings is 1. The quantitative estimate of drug-likeness (QED) is 0.384. The second kappa shape index (κ2) is 9.41. The fraction of sp³-hybridized carbons (Fsp3) is 0.615. The maximum absolute atomic E-state index is 12.8. The number of hydrogen-bond donors (Lipinski definition) is 0. The van der Waals surface area contributed by atoms with Gasteiger partial charge in [0.15, 0.2) is 0 Å². The third-order valence-electron chi connectivity index (χ3n) is 7.46. The van der Waals surface area contributed by atoms with Crippen LogP contribution < -0.4 is 4.43 Å². The Bertz CT molecular complexity index is 965. The first kappa shape index (κ1) is 27.4. The number of carbonyl (C=O) groups is 1. The highest BCUT2D eigenvalue weighted by atomic mass is 28.4. The lowest BCUT2D eigenvalue weighted by molar-refractivity contribution is -0.139. The normalized spacial score (nSPS) is 14.2. The minimum absolute atomic E-state index is 0.00361. The van der Waals surface area contributed by atoms with Crippen molar-refractivity contribution in [2.75, 3.05) is 0 Å². The zero-order valence-electron chi connectivity index (χ0n) is 22.8. The summed E-state index contributed by atoms with van der Waals surface area (Å²) >= 11 is 0. The van der Waals surface area contributed by atoms with Gasteiger partial charge in [0, 0.05) is 5.69 Å². The maximum atomic E-state index is 12.8. The van der Waals surface area contributed by atoms with Crippen LogP contribution in [0.25, 0.3) is 5.69 Å². The van der Waals surface area contributed by atoms with Gasteiger partial charge in [-0.1, -0.05) is 48.5 Å². The van der Waals surface area contributed by atoms with Gasteiger partial charge in [0.2, 0.25) is 8.32 Å². The summed E-state index contributed by atoms with van der Waals surface area (Å²) in [5.74, 6) is 0.578. The lowest BCUT2D eigenvalue weighted by Crippen LogP contribution is -2.44. The van der Waals surface area contributed by atoms with Crippen molar-refractivity contribution >= 4 is 22.6 Å². The van der Waals surface area contributed by atoms with Crippen molar-refractivity contribution < 1.29 is 13.6 Å². The van der Waals surface area contributed by atoms with E-state index in [1.165, 1.54) is 0 Å². The molecule has 0 radical (unpaired) electrons.